The molecule has 3 aliphatic rings. The first kappa shape index (κ1) is 18.7. The fourth-order valence-corrected chi connectivity index (χ4v) is 4.64. The minimum atomic E-state index is -0.121. The van der Waals surface area contributed by atoms with Gasteiger partial charge in [-0.15, -0.1) is 0 Å². The topological polar surface area (TPSA) is 68.7 Å². The number of hydrogen-bond acceptors (Lipinski definition) is 5. The lowest BCUT2D eigenvalue weighted by molar-refractivity contribution is -0.144. The number of imidazole rings is 1. The molecule has 0 unspecified atom stereocenters. The summed E-state index contributed by atoms with van der Waals surface area (Å²) in [6.07, 6.45) is 13.0. The van der Waals surface area contributed by atoms with E-state index in [9.17, 15) is 4.79 Å². The van der Waals surface area contributed by atoms with Crippen molar-refractivity contribution < 1.29 is 14.3 Å². The van der Waals surface area contributed by atoms with Crippen LogP contribution in [0, 0.1) is 11.8 Å². The highest BCUT2D eigenvalue weighted by molar-refractivity contribution is 5.75. The Bertz CT molecular complexity index is 687. The van der Waals surface area contributed by atoms with Crippen LogP contribution in [0.2, 0.25) is 0 Å². The Morgan fingerprint density at radius 1 is 1.44 bits per heavy atom. The van der Waals surface area contributed by atoms with Crippen molar-refractivity contribution in [1.82, 2.24) is 14.9 Å². The predicted octanol–water partition coefficient (Wildman–Crippen LogP) is 2.70. The van der Waals surface area contributed by atoms with Crippen molar-refractivity contribution in [3.63, 3.8) is 0 Å². The van der Waals surface area contributed by atoms with Crippen molar-refractivity contribution >= 4 is 5.97 Å². The summed E-state index contributed by atoms with van der Waals surface area (Å²) in [7, 11) is 0. The minimum absolute atomic E-state index is 0.0501. The van der Waals surface area contributed by atoms with Crippen molar-refractivity contribution in [1.29, 1.82) is 0 Å². The van der Waals surface area contributed by atoms with Crippen LogP contribution in [0.4, 0.5) is 0 Å². The van der Waals surface area contributed by atoms with Gasteiger partial charge in [0.15, 0.2) is 0 Å². The molecule has 0 aromatic carbocycles. The van der Waals surface area contributed by atoms with E-state index in [0.717, 1.165) is 45.2 Å². The van der Waals surface area contributed by atoms with E-state index in [4.69, 9.17) is 9.47 Å². The number of esters is 1. The first-order chi connectivity index (χ1) is 13.1. The van der Waals surface area contributed by atoms with Crippen LogP contribution in [0.1, 0.15) is 46.0 Å². The molecule has 3 heterocycles. The van der Waals surface area contributed by atoms with Gasteiger partial charge in [-0.25, -0.2) is 4.98 Å². The standard InChI is InChI=1S/C21H31N3O3/c1-15-5-3-8-21(2)19(27-21)18-16(7-6-15)17(20(25)26-18)13-22-9-4-11-24-12-10-23-14-24/h5,10,12,14,16-19,22H,3-4,6-9,11,13H2,1-2H3/b15-5+/t16-,17-,18-,19-,21+/m0/s1. The molecule has 5 atom stereocenters. The van der Waals surface area contributed by atoms with Crippen LogP contribution in [0.3, 0.4) is 0 Å². The summed E-state index contributed by atoms with van der Waals surface area (Å²) in [6.45, 7) is 6.87. The summed E-state index contributed by atoms with van der Waals surface area (Å²) in [6, 6.07) is 0. The smallest absolute Gasteiger partial charge is 0.311 e. The third kappa shape index (κ3) is 4.11. The van der Waals surface area contributed by atoms with Crippen LogP contribution in [-0.4, -0.2) is 46.4 Å². The van der Waals surface area contributed by atoms with Gasteiger partial charge in [-0.3, -0.25) is 4.79 Å². The summed E-state index contributed by atoms with van der Waals surface area (Å²) in [5, 5.41) is 3.48. The number of carbonyl (C=O) groups excluding carboxylic acids is 1. The molecule has 0 amide bonds. The van der Waals surface area contributed by atoms with E-state index >= 15 is 0 Å². The lowest BCUT2D eigenvalue weighted by Crippen LogP contribution is -2.34. The molecule has 2 fully saturated rings. The number of aromatic nitrogens is 2. The lowest BCUT2D eigenvalue weighted by atomic mass is 9.80. The molecule has 1 N–H and O–H groups in total. The Morgan fingerprint density at radius 3 is 3.15 bits per heavy atom. The second kappa shape index (κ2) is 7.76. The number of aryl methyl sites for hydroxylation is 1. The summed E-state index contributed by atoms with van der Waals surface area (Å²) in [4.78, 5) is 16.7. The first-order valence-corrected chi connectivity index (χ1v) is 10.3. The highest BCUT2D eigenvalue weighted by Gasteiger charge is 2.62. The van der Waals surface area contributed by atoms with Crippen molar-refractivity contribution in [3.8, 4) is 0 Å². The molecule has 148 valence electrons. The second-order valence-electron chi connectivity index (χ2n) is 8.51. The number of ether oxygens (including phenoxy) is 2. The monoisotopic (exact) mass is 373 g/mol. The Hall–Kier alpha value is -1.66. The van der Waals surface area contributed by atoms with Crippen LogP contribution in [0.25, 0.3) is 0 Å². The highest BCUT2D eigenvalue weighted by Crippen LogP contribution is 2.50. The molecule has 6 heteroatoms. The maximum atomic E-state index is 12.6. The van der Waals surface area contributed by atoms with Gasteiger partial charge in [-0.05, 0) is 52.5 Å². The Labute approximate surface area is 161 Å². The number of nitrogens with zero attached hydrogens (tertiary/aromatic N) is 2. The summed E-state index contributed by atoms with van der Waals surface area (Å²) in [5.41, 5.74) is 1.30. The zero-order valence-electron chi connectivity index (χ0n) is 16.4. The molecule has 4 rings (SSSR count). The van der Waals surface area contributed by atoms with E-state index in [1.807, 2.05) is 12.5 Å². The number of hydrogen-bond donors (Lipinski definition) is 1. The van der Waals surface area contributed by atoms with Gasteiger partial charge in [0.05, 0.1) is 17.8 Å². The highest BCUT2D eigenvalue weighted by atomic mass is 16.6. The van der Waals surface area contributed by atoms with E-state index in [0.29, 0.717) is 6.54 Å². The summed E-state index contributed by atoms with van der Waals surface area (Å²) >= 11 is 0. The van der Waals surface area contributed by atoms with Crippen molar-refractivity contribution in [2.24, 2.45) is 11.8 Å². The zero-order chi connectivity index (χ0) is 18.9. The van der Waals surface area contributed by atoms with Gasteiger partial charge in [-0.2, -0.15) is 0 Å². The molecule has 1 aromatic rings. The normalized spacial score (nSPS) is 37.7. The minimum Gasteiger partial charge on any atom is -0.459 e. The number of fused-ring (bicyclic) bond motifs is 3. The Morgan fingerprint density at radius 2 is 2.33 bits per heavy atom. The van der Waals surface area contributed by atoms with Gasteiger partial charge in [0.2, 0.25) is 0 Å². The largest absolute Gasteiger partial charge is 0.459 e. The maximum Gasteiger partial charge on any atom is 0.311 e. The molecule has 2 aliphatic heterocycles. The number of epoxide rings is 1. The molecule has 6 nitrogen and oxygen atoms in total. The molecule has 27 heavy (non-hydrogen) atoms. The van der Waals surface area contributed by atoms with Crippen LogP contribution < -0.4 is 5.32 Å². The second-order valence-corrected chi connectivity index (χ2v) is 8.51. The van der Waals surface area contributed by atoms with Gasteiger partial charge < -0.3 is 19.4 Å². The van der Waals surface area contributed by atoms with Crippen molar-refractivity contribution in [2.45, 2.75) is 70.3 Å². The summed E-state index contributed by atoms with van der Waals surface area (Å²) in [5.74, 6) is 0.127. The van der Waals surface area contributed by atoms with Crippen LogP contribution in [-0.2, 0) is 20.8 Å². The Kier molecular flexibility index (Phi) is 5.37. The van der Waals surface area contributed by atoms with Crippen molar-refractivity contribution in [2.75, 3.05) is 13.1 Å². The SMILES string of the molecule is C/C1=C\CC[C@@]2(C)O[C@H]2[C@H]2OC(=O)[C@@H](CNCCCn3ccnc3)[C@@H]2CC1. The average molecular weight is 373 g/mol. The third-order valence-corrected chi connectivity index (χ3v) is 6.43. The summed E-state index contributed by atoms with van der Waals surface area (Å²) < 4.78 is 13.9. The molecular formula is C21H31N3O3. The van der Waals surface area contributed by atoms with Gasteiger partial charge in [0.1, 0.15) is 12.2 Å². The molecule has 0 bridgehead atoms. The molecule has 0 radical (unpaired) electrons. The number of rotatable bonds is 6. The van der Waals surface area contributed by atoms with E-state index in [2.05, 4.69) is 34.8 Å². The average Bonchev–Trinajstić information content (AvgIpc) is 2.98. The molecule has 2 saturated heterocycles. The quantitative estimate of drug-likeness (QED) is 0.359. The van der Waals surface area contributed by atoms with E-state index in [1.54, 1.807) is 6.20 Å². The van der Waals surface area contributed by atoms with Gasteiger partial charge in [0, 0.05) is 31.4 Å². The van der Waals surface area contributed by atoms with Crippen molar-refractivity contribution in [3.05, 3.63) is 30.4 Å². The fraction of sp³-hybridized carbons (Fsp3) is 0.714. The van der Waals surface area contributed by atoms with Crippen LogP contribution >= 0.6 is 0 Å². The lowest BCUT2D eigenvalue weighted by Gasteiger charge is -2.22. The van der Waals surface area contributed by atoms with Gasteiger partial charge in [0.25, 0.3) is 0 Å². The van der Waals surface area contributed by atoms with Gasteiger partial charge in [-0.1, -0.05) is 11.6 Å². The first-order valence-electron chi connectivity index (χ1n) is 10.3. The van der Waals surface area contributed by atoms with Gasteiger partial charge >= 0.3 is 5.97 Å². The van der Waals surface area contributed by atoms with Crippen LogP contribution in [0.5, 0.6) is 0 Å². The van der Waals surface area contributed by atoms with Crippen LogP contribution in [0.15, 0.2) is 30.4 Å². The molecule has 0 spiro atoms. The van der Waals surface area contributed by atoms with E-state index in [1.165, 1.54) is 5.57 Å². The third-order valence-electron chi connectivity index (χ3n) is 6.43. The maximum absolute atomic E-state index is 12.6. The van der Waals surface area contributed by atoms with E-state index in [-0.39, 0.29) is 35.6 Å². The molecule has 1 aromatic heterocycles. The fourth-order valence-electron chi connectivity index (χ4n) is 4.64. The number of allylic oxidation sites excluding steroid dienone is 2. The molecular weight excluding hydrogens is 342 g/mol. The molecule has 0 saturated carbocycles. The zero-order valence-corrected chi connectivity index (χ0v) is 16.4. The van der Waals surface area contributed by atoms with E-state index < -0.39 is 0 Å². The number of nitrogens with one attached hydrogen (secondary N) is 1. The Balaban J connectivity index is 1.34. The number of carbonyl (C=O) groups is 1. The molecule has 1 aliphatic carbocycles. The predicted molar refractivity (Wildman–Crippen MR) is 102 cm³/mol.